The summed E-state index contributed by atoms with van der Waals surface area (Å²) in [6, 6.07) is 0.366. The van der Waals surface area contributed by atoms with Crippen LogP contribution in [0.25, 0.3) is 0 Å². The Balaban J connectivity index is 2.34. The Hall–Kier alpha value is -0.410. The van der Waals surface area contributed by atoms with Gasteiger partial charge in [0.15, 0.2) is 0 Å². The number of carbonyl (C=O) groups is 1. The van der Waals surface area contributed by atoms with Gasteiger partial charge in [-0.3, -0.25) is 9.69 Å². The molecule has 94 valence electrons. The van der Waals surface area contributed by atoms with Gasteiger partial charge in [0.05, 0.1) is 6.10 Å². The maximum absolute atomic E-state index is 11.1. The molecule has 0 aromatic carbocycles. The maximum Gasteiger partial charge on any atom is 0.131 e. The molecule has 1 saturated heterocycles. The summed E-state index contributed by atoms with van der Waals surface area (Å²) in [5.41, 5.74) is 0. The Morgan fingerprint density at radius 3 is 2.94 bits per heavy atom. The minimum absolute atomic E-state index is 0.282. The second-order valence-corrected chi connectivity index (χ2v) is 4.89. The fourth-order valence-electron chi connectivity index (χ4n) is 2.33. The highest BCUT2D eigenvalue weighted by Crippen LogP contribution is 2.17. The molecule has 0 aliphatic carbocycles. The lowest BCUT2D eigenvalue weighted by Crippen LogP contribution is -2.45. The Bertz CT molecular complexity index is 218. The number of nitrogens with zero attached hydrogens (tertiary/aromatic N) is 1. The second kappa shape index (κ2) is 7.02. The van der Waals surface area contributed by atoms with Crippen LogP contribution < -0.4 is 0 Å². The molecule has 0 bridgehead atoms. The first-order chi connectivity index (χ1) is 7.63. The molecule has 1 aliphatic rings. The van der Waals surface area contributed by atoms with Crippen molar-refractivity contribution in [3.05, 3.63) is 0 Å². The molecular formula is C13H25NO2. The van der Waals surface area contributed by atoms with E-state index >= 15 is 0 Å². The lowest BCUT2D eigenvalue weighted by Gasteiger charge is -2.36. The number of hydrogen-bond donors (Lipinski definition) is 0. The number of ether oxygens (including phenoxy) is 1. The lowest BCUT2D eigenvalue weighted by molar-refractivity contribution is -0.118. The van der Waals surface area contributed by atoms with E-state index in [9.17, 15) is 4.79 Å². The Kier molecular flexibility index (Phi) is 5.99. The maximum atomic E-state index is 11.1. The van der Waals surface area contributed by atoms with Crippen LogP contribution in [0.4, 0.5) is 0 Å². The van der Waals surface area contributed by atoms with Gasteiger partial charge in [0.25, 0.3) is 0 Å². The van der Waals surface area contributed by atoms with Gasteiger partial charge >= 0.3 is 0 Å². The highest BCUT2D eigenvalue weighted by molar-refractivity contribution is 5.76. The van der Waals surface area contributed by atoms with E-state index in [4.69, 9.17) is 4.74 Å². The number of carbonyl (C=O) groups excluding carboxylic acids is 1. The van der Waals surface area contributed by atoms with Crippen LogP contribution in [0.1, 0.15) is 46.5 Å². The van der Waals surface area contributed by atoms with Crippen LogP contribution in [0.15, 0.2) is 0 Å². The molecule has 1 heterocycles. The van der Waals surface area contributed by atoms with Crippen LogP contribution in [0.2, 0.25) is 0 Å². The molecule has 0 saturated carbocycles. The number of Topliss-reactive ketones (excluding diaryl/α,β-unsaturated/α-hetero) is 1. The Morgan fingerprint density at radius 2 is 2.31 bits per heavy atom. The molecule has 1 fully saturated rings. The summed E-state index contributed by atoms with van der Waals surface area (Å²) >= 11 is 0. The van der Waals surface area contributed by atoms with Crippen molar-refractivity contribution in [2.75, 3.05) is 19.7 Å². The van der Waals surface area contributed by atoms with Crippen molar-refractivity contribution in [2.24, 2.45) is 0 Å². The van der Waals surface area contributed by atoms with Crippen molar-refractivity contribution in [3.8, 4) is 0 Å². The molecule has 1 aliphatic heterocycles. The van der Waals surface area contributed by atoms with Crippen molar-refractivity contribution < 1.29 is 9.53 Å². The summed E-state index contributed by atoms with van der Waals surface area (Å²) in [5.74, 6) is 0.282. The van der Waals surface area contributed by atoms with E-state index in [1.165, 1.54) is 12.8 Å². The number of rotatable bonds is 6. The number of ketones is 1. The Labute approximate surface area is 99.1 Å². The normalized spacial score (nSPS) is 24.3. The van der Waals surface area contributed by atoms with Gasteiger partial charge in [-0.1, -0.05) is 6.92 Å². The molecule has 2 unspecified atom stereocenters. The molecule has 3 nitrogen and oxygen atoms in total. The molecule has 0 N–H and O–H groups in total. The highest BCUT2D eigenvalue weighted by atomic mass is 16.5. The van der Waals surface area contributed by atoms with Crippen LogP contribution in [0.3, 0.4) is 0 Å². The summed E-state index contributed by atoms with van der Waals surface area (Å²) in [7, 11) is 0. The molecule has 16 heavy (non-hydrogen) atoms. The summed E-state index contributed by atoms with van der Waals surface area (Å²) in [5, 5.41) is 0. The van der Waals surface area contributed by atoms with Crippen molar-refractivity contribution in [1.29, 1.82) is 0 Å². The molecule has 0 aromatic heterocycles. The Morgan fingerprint density at radius 1 is 1.56 bits per heavy atom. The molecule has 2 atom stereocenters. The minimum Gasteiger partial charge on any atom is -0.377 e. The van der Waals surface area contributed by atoms with Gasteiger partial charge in [-0.25, -0.2) is 0 Å². The number of likely N-dealkylation sites (tertiary alicyclic amines) is 1. The zero-order valence-electron chi connectivity index (χ0n) is 10.9. The second-order valence-electron chi connectivity index (χ2n) is 4.89. The van der Waals surface area contributed by atoms with E-state index in [1.807, 2.05) is 0 Å². The fraction of sp³-hybridized carbons (Fsp3) is 0.923. The topological polar surface area (TPSA) is 29.5 Å². The van der Waals surface area contributed by atoms with E-state index in [1.54, 1.807) is 6.92 Å². The number of hydrogen-bond acceptors (Lipinski definition) is 3. The van der Waals surface area contributed by atoms with Crippen LogP contribution in [0, 0.1) is 0 Å². The summed E-state index contributed by atoms with van der Waals surface area (Å²) in [6.07, 6.45) is 4.49. The summed E-state index contributed by atoms with van der Waals surface area (Å²) < 4.78 is 5.79. The van der Waals surface area contributed by atoms with Crippen molar-refractivity contribution in [3.63, 3.8) is 0 Å². The first kappa shape index (κ1) is 13.7. The third-order valence-electron chi connectivity index (χ3n) is 3.17. The van der Waals surface area contributed by atoms with Gasteiger partial charge in [0.2, 0.25) is 0 Å². The van der Waals surface area contributed by atoms with Crippen molar-refractivity contribution >= 4 is 5.78 Å². The van der Waals surface area contributed by atoms with Crippen LogP contribution >= 0.6 is 0 Å². The predicted octanol–water partition coefficient (Wildman–Crippen LogP) is 2.25. The van der Waals surface area contributed by atoms with E-state index in [-0.39, 0.29) is 5.78 Å². The summed E-state index contributed by atoms with van der Waals surface area (Å²) in [6.45, 7) is 8.92. The van der Waals surface area contributed by atoms with Gasteiger partial charge in [-0.15, -0.1) is 0 Å². The highest BCUT2D eigenvalue weighted by Gasteiger charge is 2.24. The average Bonchev–Trinajstić information content (AvgIpc) is 2.26. The van der Waals surface area contributed by atoms with E-state index in [2.05, 4.69) is 18.7 Å². The smallest absolute Gasteiger partial charge is 0.131 e. The van der Waals surface area contributed by atoms with Crippen LogP contribution in [-0.4, -0.2) is 42.5 Å². The largest absolute Gasteiger partial charge is 0.377 e. The van der Waals surface area contributed by atoms with Gasteiger partial charge in [0, 0.05) is 25.6 Å². The zero-order valence-corrected chi connectivity index (χ0v) is 10.9. The first-order valence-corrected chi connectivity index (χ1v) is 6.48. The van der Waals surface area contributed by atoms with E-state index in [0.717, 1.165) is 26.1 Å². The first-order valence-electron chi connectivity index (χ1n) is 6.48. The third-order valence-corrected chi connectivity index (χ3v) is 3.17. The van der Waals surface area contributed by atoms with E-state index in [0.29, 0.717) is 18.6 Å². The predicted molar refractivity (Wildman–Crippen MR) is 65.6 cm³/mol. The molecule has 3 heteroatoms. The SMILES string of the molecule is CCCOC1CCCN(C(C)CC(C)=O)C1. The average molecular weight is 227 g/mol. The van der Waals surface area contributed by atoms with Crippen LogP contribution in [-0.2, 0) is 9.53 Å². The molecule has 0 radical (unpaired) electrons. The van der Waals surface area contributed by atoms with Crippen molar-refractivity contribution in [1.82, 2.24) is 4.90 Å². The molecule has 0 aromatic rings. The standard InChI is InChI=1S/C13H25NO2/c1-4-8-16-13-6-5-7-14(10-13)11(2)9-12(3)15/h11,13H,4-10H2,1-3H3. The molecular weight excluding hydrogens is 202 g/mol. The monoisotopic (exact) mass is 227 g/mol. The third kappa shape index (κ3) is 4.62. The van der Waals surface area contributed by atoms with Gasteiger partial charge in [-0.2, -0.15) is 0 Å². The minimum atomic E-state index is 0.282. The molecule has 1 rings (SSSR count). The fourth-order valence-corrected chi connectivity index (χ4v) is 2.33. The molecule has 0 spiro atoms. The van der Waals surface area contributed by atoms with Gasteiger partial charge in [0.1, 0.15) is 5.78 Å². The summed E-state index contributed by atoms with van der Waals surface area (Å²) in [4.78, 5) is 13.5. The van der Waals surface area contributed by atoms with E-state index < -0.39 is 0 Å². The van der Waals surface area contributed by atoms with Gasteiger partial charge < -0.3 is 4.74 Å². The van der Waals surface area contributed by atoms with Crippen LogP contribution in [0.5, 0.6) is 0 Å². The quantitative estimate of drug-likeness (QED) is 0.697. The van der Waals surface area contributed by atoms with Gasteiger partial charge in [-0.05, 0) is 39.7 Å². The van der Waals surface area contributed by atoms with Crippen molar-refractivity contribution in [2.45, 2.75) is 58.6 Å². The number of piperidine rings is 1. The molecule has 0 amide bonds. The zero-order chi connectivity index (χ0) is 12.0. The lowest BCUT2D eigenvalue weighted by atomic mass is 10.0.